The Morgan fingerprint density at radius 3 is 1.83 bits per heavy atom. The first kappa shape index (κ1) is 12.1. The molecule has 70 valence electrons. The van der Waals surface area contributed by atoms with Gasteiger partial charge in [-0.15, -0.1) is 0 Å². The summed E-state index contributed by atoms with van der Waals surface area (Å²) in [6.07, 6.45) is 7.76. The van der Waals surface area contributed by atoms with Crippen LogP contribution in [0.2, 0.25) is 0 Å². The molecule has 0 heterocycles. The zero-order valence-electron chi connectivity index (χ0n) is 6.88. The number of rotatable bonds is 1. The maximum atomic E-state index is 10.6. The molecule has 2 nitrogen and oxygen atoms in total. The predicted molar refractivity (Wildman–Crippen MR) is 53.4 cm³/mol. The van der Waals surface area contributed by atoms with Crippen LogP contribution in [-0.4, -0.2) is 30.9 Å². The van der Waals surface area contributed by atoms with E-state index in [-0.39, 0.29) is 25.7 Å². The fourth-order valence-electron chi connectivity index (χ4n) is 1.70. The Bertz CT molecular complexity index is 128. The summed E-state index contributed by atoms with van der Waals surface area (Å²) in [5.74, 6) is -0.637. The van der Waals surface area contributed by atoms with Gasteiger partial charge in [-0.05, 0) is 12.8 Å². The number of carboxylic acids is 1. The van der Waals surface area contributed by atoms with Gasteiger partial charge in [0.25, 0.3) is 0 Å². The number of aliphatic carboxylic acids is 1. The summed E-state index contributed by atoms with van der Waals surface area (Å²) in [6, 6.07) is 0. The summed E-state index contributed by atoms with van der Waals surface area (Å²) >= 11 is 0. The van der Waals surface area contributed by atoms with Gasteiger partial charge in [-0.3, -0.25) is 4.79 Å². The zero-order valence-corrected chi connectivity index (χ0v) is 6.88. The molecule has 1 N–H and O–H groups in total. The molecule has 0 unspecified atom stereocenters. The van der Waals surface area contributed by atoms with E-state index >= 15 is 0 Å². The third-order valence-electron chi connectivity index (χ3n) is 2.45. The summed E-state index contributed by atoms with van der Waals surface area (Å²) in [6.45, 7) is 0. The standard InChI is InChI=1S/C9H16O2.Ga.3H/c10-9(11)8-6-4-2-1-3-5-7-8;;;;/h8H,1-7H2,(H,10,11);;;;. The molecule has 0 aromatic rings. The van der Waals surface area contributed by atoms with Crippen molar-refractivity contribution < 1.29 is 9.90 Å². The molecule has 0 saturated heterocycles. The van der Waals surface area contributed by atoms with Gasteiger partial charge in [0.2, 0.25) is 0 Å². The van der Waals surface area contributed by atoms with Gasteiger partial charge in [0.05, 0.1) is 5.92 Å². The molecule has 1 fully saturated rings. The molecule has 0 spiro atoms. The van der Waals surface area contributed by atoms with Crippen molar-refractivity contribution in [3.8, 4) is 0 Å². The Kier molecular flexibility index (Phi) is 6.66. The van der Waals surface area contributed by atoms with Crippen LogP contribution in [-0.2, 0) is 4.79 Å². The monoisotopic (exact) mass is 228 g/mol. The van der Waals surface area contributed by atoms with Crippen LogP contribution in [0.5, 0.6) is 0 Å². The van der Waals surface area contributed by atoms with Gasteiger partial charge < -0.3 is 5.11 Å². The second-order valence-electron chi connectivity index (χ2n) is 3.38. The van der Waals surface area contributed by atoms with Gasteiger partial charge in [-0.1, -0.05) is 32.1 Å². The van der Waals surface area contributed by atoms with Crippen molar-refractivity contribution >= 4 is 25.8 Å². The summed E-state index contributed by atoms with van der Waals surface area (Å²) in [7, 11) is 0. The number of carboxylic acid groups (broad SMARTS) is 1. The normalized spacial score (nSPS) is 20.3. The topological polar surface area (TPSA) is 37.3 Å². The number of hydrogen-bond donors (Lipinski definition) is 1. The molecule has 1 saturated carbocycles. The van der Waals surface area contributed by atoms with Crippen LogP contribution < -0.4 is 0 Å². The first-order valence-corrected chi connectivity index (χ1v) is 4.53. The van der Waals surface area contributed by atoms with Crippen molar-refractivity contribution in [3.05, 3.63) is 0 Å². The Balaban J connectivity index is 0.00000121. The Morgan fingerprint density at radius 1 is 1.00 bits per heavy atom. The Morgan fingerprint density at radius 2 is 1.42 bits per heavy atom. The van der Waals surface area contributed by atoms with E-state index in [1.165, 1.54) is 19.3 Å². The molecule has 1 aliphatic carbocycles. The van der Waals surface area contributed by atoms with Gasteiger partial charge in [0.15, 0.2) is 0 Å². The zero-order chi connectivity index (χ0) is 8.10. The third-order valence-corrected chi connectivity index (χ3v) is 2.45. The van der Waals surface area contributed by atoms with Crippen molar-refractivity contribution in [2.45, 2.75) is 44.9 Å². The van der Waals surface area contributed by atoms with Gasteiger partial charge >= 0.3 is 25.8 Å². The van der Waals surface area contributed by atoms with Crippen molar-refractivity contribution in [3.63, 3.8) is 0 Å². The molecule has 1 aliphatic rings. The predicted octanol–water partition coefficient (Wildman–Crippen LogP) is 1.25. The van der Waals surface area contributed by atoms with Crippen LogP contribution in [0.1, 0.15) is 44.9 Å². The summed E-state index contributed by atoms with van der Waals surface area (Å²) in [4.78, 5) is 10.6. The van der Waals surface area contributed by atoms with Crippen LogP contribution in [0.4, 0.5) is 0 Å². The van der Waals surface area contributed by atoms with E-state index in [9.17, 15) is 4.79 Å². The summed E-state index contributed by atoms with van der Waals surface area (Å²) in [5, 5.41) is 8.76. The molecule has 0 radical (unpaired) electrons. The van der Waals surface area contributed by atoms with Crippen molar-refractivity contribution in [2.24, 2.45) is 5.92 Å². The van der Waals surface area contributed by atoms with Crippen molar-refractivity contribution in [2.75, 3.05) is 0 Å². The molecule has 0 aromatic carbocycles. The van der Waals surface area contributed by atoms with Crippen molar-refractivity contribution in [1.29, 1.82) is 0 Å². The fourth-order valence-corrected chi connectivity index (χ4v) is 1.70. The van der Waals surface area contributed by atoms with Crippen LogP contribution >= 0.6 is 0 Å². The van der Waals surface area contributed by atoms with Gasteiger partial charge in [-0.2, -0.15) is 0 Å². The van der Waals surface area contributed by atoms with E-state index in [1.807, 2.05) is 0 Å². The van der Waals surface area contributed by atoms with Gasteiger partial charge in [0.1, 0.15) is 0 Å². The molecule has 1 rings (SSSR count). The summed E-state index contributed by atoms with van der Waals surface area (Å²) in [5.41, 5.74) is 0. The molecular weight excluding hydrogens is 210 g/mol. The van der Waals surface area contributed by atoms with Crippen LogP contribution in [0.3, 0.4) is 0 Å². The molecule has 0 aromatic heterocycles. The second kappa shape index (κ2) is 6.60. The maximum absolute atomic E-state index is 10.6. The third kappa shape index (κ3) is 4.21. The Labute approximate surface area is 86.8 Å². The quantitative estimate of drug-likeness (QED) is 0.687. The molecule has 3 heteroatoms. The van der Waals surface area contributed by atoms with E-state index in [0.717, 1.165) is 25.7 Å². The van der Waals surface area contributed by atoms with E-state index in [0.29, 0.717) is 0 Å². The molecule has 0 atom stereocenters. The average molecular weight is 229 g/mol. The van der Waals surface area contributed by atoms with E-state index in [4.69, 9.17) is 5.11 Å². The van der Waals surface area contributed by atoms with E-state index in [2.05, 4.69) is 0 Å². The molecule has 12 heavy (non-hydrogen) atoms. The Hall–Kier alpha value is 0.106. The summed E-state index contributed by atoms with van der Waals surface area (Å²) < 4.78 is 0. The van der Waals surface area contributed by atoms with Crippen LogP contribution in [0.15, 0.2) is 0 Å². The number of hydrogen-bond acceptors (Lipinski definition) is 1. The molecule has 0 aliphatic heterocycles. The second-order valence-corrected chi connectivity index (χ2v) is 3.38. The SMILES string of the molecule is O=C(O)C1CCCCCCC1.[GaH3]. The van der Waals surface area contributed by atoms with Crippen molar-refractivity contribution in [1.82, 2.24) is 0 Å². The molecule has 0 amide bonds. The van der Waals surface area contributed by atoms with E-state index < -0.39 is 5.97 Å². The van der Waals surface area contributed by atoms with E-state index in [1.54, 1.807) is 0 Å². The first-order chi connectivity index (χ1) is 5.30. The fraction of sp³-hybridized carbons (Fsp3) is 0.889. The van der Waals surface area contributed by atoms with Gasteiger partial charge in [-0.25, -0.2) is 0 Å². The van der Waals surface area contributed by atoms with Crippen LogP contribution in [0, 0.1) is 5.92 Å². The number of carbonyl (C=O) groups is 1. The van der Waals surface area contributed by atoms with Gasteiger partial charge in [0, 0.05) is 0 Å². The minimum atomic E-state index is -0.591. The van der Waals surface area contributed by atoms with Crippen LogP contribution in [0.25, 0.3) is 0 Å². The molecular formula is C9H19GaO2. The first-order valence-electron chi connectivity index (χ1n) is 4.53. The minimum absolute atomic E-state index is 0. The average Bonchev–Trinajstić information content (AvgIpc) is 1.84. The molecule has 0 bridgehead atoms.